The fraction of sp³-hybridized carbons (Fsp3) is 0.556. The van der Waals surface area contributed by atoms with E-state index in [1.165, 1.54) is 15.8 Å². The van der Waals surface area contributed by atoms with Gasteiger partial charge in [0.2, 0.25) is 5.91 Å². The molecular weight excluding hydrogens is 242 g/mol. The highest BCUT2D eigenvalue weighted by atomic mass is 32.1. The lowest BCUT2D eigenvalue weighted by Crippen LogP contribution is -2.36. The van der Waals surface area contributed by atoms with Crippen molar-refractivity contribution >= 4 is 23.1 Å². The minimum absolute atomic E-state index is 0.0759. The van der Waals surface area contributed by atoms with Crippen molar-refractivity contribution in [2.75, 3.05) is 13.6 Å². The van der Waals surface area contributed by atoms with Crippen LogP contribution in [0.3, 0.4) is 0 Å². The van der Waals surface area contributed by atoms with Gasteiger partial charge in [0.15, 0.2) is 0 Å². The van der Waals surface area contributed by atoms with E-state index in [1.54, 1.807) is 14.1 Å². The quantitative estimate of drug-likeness (QED) is 0.664. The number of hydrogen-bond acceptors (Lipinski definition) is 4. The van der Waals surface area contributed by atoms with Crippen molar-refractivity contribution in [2.45, 2.75) is 13.0 Å². The second-order valence-corrected chi connectivity index (χ2v) is 4.24. The second kappa shape index (κ2) is 5.58. The summed E-state index contributed by atoms with van der Waals surface area (Å²) in [5.41, 5.74) is 5.03. The Kier molecular flexibility index (Phi) is 4.38. The SMILES string of the molecule is CN(CCC(N)=S)C(=O)Cn1ncn(C)c1=O. The van der Waals surface area contributed by atoms with Gasteiger partial charge in [0.05, 0.1) is 4.99 Å². The number of nitrogens with zero attached hydrogens (tertiary/aromatic N) is 4. The van der Waals surface area contributed by atoms with Crippen LogP contribution in [0, 0.1) is 0 Å². The number of aromatic nitrogens is 3. The van der Waals surface area contributed by atoms with Gasteiger partial charge in [-0.3, -0.25) is 9.36 Å². The van der Waals surface area contributed by atoms with E-state index in [0.29, 0.717) is 18.0 Å². The van der Waals surface area contributed by atoms with E-state index in [9.17, 15) is 9.59 Å². The van der Waals surface area contributed by atoms with E-state index < -0.39 is 0 Å². The molecule has 0 aliphatic heterocycles. The minimum Gasteiger partial charge on any atom is -0.393 e. The zero-order valence-corrected chi connectivity index (χ0v) is 10.6. The Morgan fingerprint density at radius 1 is 1.65 bits per heavy atom. The number of aryl methyl sites for hydroxylation is 1. The Morgan fingerprint density at radius 3 is 2.76 bits per heavy atom. The van der Waals surface area contributed by atoms with Crippen LogP contribution in [0.5, 0.6) is 0 Å². The Labute approximate surface area is 104 Å². The molecule has 0 aromatic carbocycles. The van der Waals surface area contributed by atoms with Crippen molar-refractivity contribution in [3.8, 4) is 0 Å². The summed E-state index contributed by atoms with van der Waals surface area (Å²) >= 11 is 4.72. The van der Waals surface area contributed by atoms with Crippen LogP contribution in [0.4, 0.5) is 0 Å². The van der Waals surface area contributed by atoms with E-state index in [4.69, 9.17) is 18.0 Å². The van der Waals surface area contributed by atoms with Gasteiger partial charge in [-0.05, 0) is 0 Å². The first-order valence-corrected chi connectivity index (χ1v) is 5.43. The van der Waals surface area contributed by atoms with E-state index in [-0.39, 0.29) is 18.1 Å². The molecule has 2 N–H and O–H groups in total. The lowest BCUT2D eigenvalue weighted by Gasteiger charge is -2.16. The fourth-order valence-corrected chi connectivity index (χ4v) is 1.27. The summed E-state index contributed by atoms with van der Waals surface area (Å²) in [7, 11) is 3.21. The van der Waals surface area contributed by atoms with Crippen LogP contribution >= 0.6 is 12.2 Å². The lowest BCUT2D eigenvalue weighted by atomic mass is 10.4. The summed E-state index contributed by atoms with van der Waals surface area (Å²) < 4.78 is 2.42. The fourth-order valence-electron chi connectivity index (χ4n) is 1.18. The van der Waals surface area contributed by atoms with Gasteiger partial charge in [-0.2, -0.15) is 5.10 Å². The molecule has 94 valence electrons. The van der Waals surface area contributed by atoms with E-state index in [0.717, 1.165) is 4.68 Å². The normalized spacial score (nSPS) is 10.2. The molecule has 0 saturated heterocycles. The summed E-state index contributed by atoms with van der Waals surface area (Å²) in [6, 6.07) is 0. The van der Waals surface area contributed by atoms with Crippen LogP contribution in [0.25, 0.3) is 0 Å². The summed E-state index contributed by atoms with van der Waals surface area (Å²) in [6.07, 6.45) is 1.83. The summed E-state index contributed by atoms with van der Waals surface area (Å²) in [5, 5.41) is 3.80. The van der Waals surface area contributed by atoms with E-state index in [2.05, 4.69) is 5.10 Å². The van der Waals surface area contributed by atoms with E-state index in [1.807, 2.05) is 0 Å². The molecule has 1 aromatic heterocycles. The highest BCUT2D eigenvalue weighted by Gasteiger charge is 2.12. The number of hydrogen-bond donors (Lipinski definition) is 1. The molecule has 0 radical (unpaired) electrons. The molecule has 0 unspecified atom stereocenters. The third-order valence-corrected chi connectivity index (χ3v) is 2.50. The maximum Gasteiger partial charge on any atom is 0.345 e. The topological polar surface area (TPSA) is 86.2 Å². The Bertz CT molecular complexity index is 478. The summed E-state index contributed by atoms with van der Waals surface area (Å²) in [5.74, 6) is -0.206. The van der Waals surface area contributed by atoms with Gasteiger partial charge in [-0.25, -0.2) is 9.48 Å². The molecule has 0 aliphatic rings. The minimum atomic E-state index is -0.318. The number of amides is 1. The van der Waals surface area contributed by atoms with Gasteiger partial charge >= 0.3 is 5.69 Å². The highest BCUT2D eigenvalue weighted by molar-refractivity contribution is 7.80. The second-order valence-electron chi connectivity index (χ2n) is 3.71. The standard InChI is InChI=1S/C9H15N5O2S/c1-12(4-3-7(10)17)8(15)5-14-9(16)13(2)6-11-14/h6H,3-5H2,1-2H3,(H2,10,17). The van der Waals surface area contributed by atoms with Crippen molar-refractivity contribution in [1.29, 1.82) is 0 Å². The van der Waals surface area contributed by atoms with Gasteiger partial charge in [0.25, 0.3) is 0 Å². The molecule has 0 bridgehead atoms. The molecule has 0 fully saturated rings. The molecule has 1 amide bonds. The monoisotopic (exact) mass is 257 g/mol. The average Bonchev–Trinajstić information content (AvgIpc) is 2.57. The van der Waals surface area contributed by atoms with Crippen LogP contribution in [0.1, 0.15) is 6.42 Å². The molecule has 0 atom stereocenters. The predicted molar refractivity (Wildman–Crippen MR) is 66.5 cm³/mol. The largest absolute Gasteiger partial charge is 0.393 e. The molecule has 17 heavy (non-hydrogen) atoms. The average molecular weight is 257 g/mol. The Balaban J connectivity index is 2.57. The number of carbonyl (C=O) groups is 1. The Morgan fingerprint density at radius 2 is 2.29 bits per heavy atom. The van der Waals surface area contributed by atoms with E-state index >= 15 is 0 Å². The zero-order chi connectivity index (χ0) is 13.0. The van der Waals surface area contributed by atoms with Gasteiger partial charge in [0.1, 0.15) is 12.9 Å². The van der Waals surface area contributed by atoms with Gasteiger partial charge in [-0.15, -0.1) is 0 Å². The van der Waals surface area contributed by atoms with Crippen molar-refractivity contribution in [3.05, 3.63) is 16.8 Å². The van der Waals surface area contributed by atoms with Crippen LogP contribution in [-0.4, -0.2) is 43.7 Å². The molecule has 0 aliphatic carbocycles. The molecular formula is C9H15N5O2S. The third-order valence-electron chi connectivity index (χ3n) is 2.29. The lowest BCUT2D eigenvalue weighted by molar-refractivity contribution is -0.130. The van der Waals surface area contributed by atoms with Crippen LogP contribution < -0.4 is 11.4 Å². The molecule has 1 aromatic rings. The maximum absolute atomic E-state index is 11.7. The third kappa shape index (κ3) is 3.66. The first kappa shape index (κ1) is 13.4. The van der Waals surface area contributed by atoms with Crippen LogP contribution in [-0.2, 0) is 18.4 Å². The number of nitrogens with two attached hydrogens (primary N) is 1. The molecule has 1 rings (SSSR count). The summed E-state index contributed by atoms with van der Waals surface area (Å²) in [4.78, 5) is 25.0. The van der Waals surface area contributed by atoms with Crippen molar-refractivity contribution in [3.63, 3.8) is 0 Å². The van der Waals surface area contributed by atoms with Crippen LogP contribution in [0.15, 0.2) is 11.1 Å². The highest BCUT2D eigenvalue weighted by Crippen LogP contribution is 1.91. The first-order valence-electron chi connectivity index (χ1n) is 5.02. The number of likely N-dealkylation sites (N-methyl/N-ethyl adjacent to an activating group) is 1. The van der Waals surface area contributed by atoms with Gasteiger partial charge < -0.3 is 10.6 Å². The Hall–Kier alpha value is -1.70. The first-order chi connectivity index (χ1) is 7.91. The molecule has 7 nitrogen and oxygen atoms in total. The van der Waals surface area contributed by atoms with Gasteiger partial charge in [0, 0.05) is 27.1 Å². The number of rotatable bonds is 5. The maximum atomic E-state index is 11.7. The molecule has 1 heterocycles. The number of thiocarbonyl (C=S) groups is 1. The predicted octanol–water partition coefficient (Wildman–Crippen LogP) is -1.28. The molecule has 8 heteroatoms. The van der Waals surface area contributed by atoms with Crippen molar-refractivity contribution in [1.82, 2.24) is 19.2 Å². The molecule has 0 spiro atoms. The van der Waals surface area contributed by atoms with Crippen molar-refractivity contribution in [2.24, 2.45) is 12.8 Å². The molecule has 0 saturated carbocycles. The summed E-state index contributed by atoms with van der Waals surface area (Å²) in [6.45, 7) is 0.364. The zero-order valence-electron chi connectivity index (χ0n) is 9.79. The van der Waals surface area contributed by atoms with Gasteiger partial charge in [-0.1, -0.05) is 12.2 Å². The van der Waals surface area contributed by atoms with Crippen molar-refractivity contribution < 1.29 is 4.79 Å². The number of carbonyl (C=O) groups excluding carboxylic acids is 1. The van der Waals surface area contributed by atoms with Crippen LogP contribution in [0.2, 0.25) is 0 Å². The smallest absolute Gasteiger partial charge is 0.345 e.